The molecule has 28 heavy (non-hydrogen) atoms. The molecule has 0 spiro atoms. The molecule has 1 aliphatic rings. The molecule has 0 saturated carbocycles. The topological polar surface area (TPSA) is 85.3 Å². The number of esters is 1. The van der Waals surface area contributed by atoms with E-state index in [4.69, 9.17) is 25.2 Å². The van der Waals surface area contributed by atoms with E-state index in [0.29, 0.717) is 22.9 Å². The summed E-state index contributed by atoms with van der Waals surface area (Å²) in [6.45, 7) is -0.464. The molecule has 1 aromatic carbocycles. The molecule has 1 atom stereocenters. The van der Waals surface area contributed by atoms with Crippen LogP contribution in [0.25, 0.3) is 0 Å². The summed E-state index contributed by atoms with van der Waals surface area (Å²) >= 11 is 5.95. The number of furan rings is 2. The van der Waals surface area contributed by atoms with Gasteiger partial charge in [-0.05, 0) is 42.0 Å². The second-order valence-electron chi connectivity index (χ2n) is 6.08. The van der Waals surface area contributed by atoms with Gasteiger partial charge in [0.1, 0.15) is 11.8 Å². The smallest absolute Gasteiger partial charge is 0.374 e. The minimum absolute atomic E-state index is 0.0298. The molecule has 0 unspecified atom stereocenters. The lowest BCUT2D eigenvalue weighted by Gasteiger charge is -2.19. The fourth-order valence-corrected chi connectivity index (χ4v) is 3.04. The average molecular weight is 399 g/mol. The third-order valence-electron chi connectivity index (χ3n) is 4.26. The molecular formula is C20H15ClN2O5. The molecule has 0 fully saturated rings. The molecule has 0 saturated heterocycles. The number of hydrazone groups is 1. The van der Waals surface area contributed by atoms with Gasteiger partial charge in [-0.25, -0.2) is 9.80 Å². The molecule has 1 amide bonds. The zero-order chi connectivity index (χ0) is 19.5. The molecular weight excluding hydrogens is 384 g/mol. The lowest BCUT2D eigenvalue weighted by molar-refractivity contribution is -0.136. The van der Waals surface area contributed by atoms with Crippen LogP contribution in [-0.4, -0.2) is 29.2 Å². The van der Waals surface area contributed by atoms with Crippen LogP contribution in [0.1, 0.15) is 34.3 Å². The molecule has 0 aliphatic carbocycles. The van der Waals surface area contributed by atoms with Crippen LogP contribution in [0, 0.1) is 0 Å². The number of hydrogen-bond acceptors (Lipinski definition) is 6. The molecule has 3 heterocycles. The highest BCUT2D eigenvalue weighted by Crippen LogP contribution is 2.33. The Morgan fingerprint density at radius 2 is 1.86 bits per heavy atom. The van der Waals surface area contributed by atoms with Crippen molar-refractivity contribution in [3.8, 4) is 0 Å². The number of ether oxygens (including phenoxy) is 1. The van der Waals surface area contributed by atoms with Crippen LogP contribution in [0.4, 0.5) is 0 Å². The summed E-state index contributed by atoms with van der Waals surface area (Å²) in [4.78, 5) is 24.6. The number of hydrogen-bond donors (Lipinski definition) is 0. The third-order valence-corrected chi connectivity index (χ3v) is 4.52. The molecule has 3 aromatic rings. The van der Waals surface area contributed by atoms with Gasteiger partial charge in [0.25, 0.3) is 5.91 Å². The van der Waals surface area contributed by atoms with Crippen molar-refractivity contribution in [3.63, 3.8) is 0 Å². The minimum Gasteiger partial charge on any atom is -0.467 e. The predicted molar refractivity (Wildman–Crippen MR) is 99.9 cm³/mol. The van der Waals surface area contributed by atoms with E-state index in [0.717, 1.165) is 5.56 Å². The van der Waals surface area contributed by atoms with Crippen molar-refractivity contribution in [1.82, 2.24) is 5.01 Å². The van der Waals surface area contributed by atoms with Crippen LogP contribution >= 0.6 is 11.6 Å². The van der Waals surface area contributed by atoms with Crippen molar-refractivity contribution in [2.24, 2.45) is 5.10 Å². The summed E-state index contributed by atoms with van der Waals surface area (Å²) in [6, 6.07) is 13.3. The highest BCUT2D eigenvalue weighted by atomic mass is 35.5. The first kappa shape index (κ1) is 18.1. The van der Waals surface area contributed by atoms with Crippen LogP contribution < -0.4 is 0 Å². The van der Waals surface area contributed by atoms with Gasteiger partial charge in [0.05, 0.1) is 18.2 Å². The maximum atomic E-state index is 12.7. The second kappa shape index (κ2) is 7.74. The van der Waals surface area contributed by atoms with Gasteiger partial charge in [0.2, 0.25) is 5.76 Å². The summed E-state index contributed by atoms with van der Waals surface area (Å²) in [7, 11) is 0. The van der Waals surface area contributed by atoms with Gasteiger partial charge in [-0.2, -0.15) is 5.10 Å². The van der Waals surface area contributed by atoms with Crippen molar-refractivity contribution < 1.29 is 23.2 Å². The van der Waals surface area contributed by atoms with Crippen LogP contribution in [0.15, 0.2) is 75.0 Å². The van der Waals surface area contributed by atoms with E-state index in [9.17, 15) is 9.59 Å². The second-order valence-corrected chi connectivity index (χ2v) is 6.52. The number of nitrogens with zero attached hydrogens (tertiary/aromatic N) is 2. The quantitative estimate of drug-likeness (QED) is 0.605. The Balaban J connectivity index is 1.53. The summed E-state index contributed by atoms with van der Waals surface area (Å²) < 4.78 is 15.5. The van der Waals surface area contributed by atoms with E-state index in [2.05, 4.69) is 5.10 Å². The monoisotopic (exact) mass is 398 g/mol. The Morgan fingerprint density at radius 3 is 2.54 bits per heavy atom. The zero-order valence-electron chi connectivity index (χ0n) is 14.6. The van der Waals surface area contributed by atoms with Crippen molar-refractivity contribution in [2.45, 2.75) is 12.5 Å². The lowest BCUT2D eigenvalue weighted by Crippen LogP contribution is -2.31. The summed E-state index contributed by atoms with van der Waals surface area (Å²) in [5.41, 5.74) is 1.56. The average Bonchev–Trinajstić information content (AvgIpc) is 3.47. The van der Waals surface area contributed by atoms with Gasteiger partial charge >= 0.3 is 5.97 Å². The molecule has 0 radical (unpaired) electrons. The van der Waals surface area contributed by atoms with Crippen molar-refractivity contribution in [3.05, 3.63) is 83.2 Å². The van der Waals surface area contributed by atoms with E-state index in [1.165, 1.54) is 23.6 Å². The Kier molecular flexibility index (Phi) is 4.99. The van der Waals surface area contributed by atoms with E-state index in [-0.39, 0.29) is 5.76 Å². The molecule has 7 nitrogen and oxygen atoms in total. The highest BCUT2D eigenvalue weighted by Gasteiger charge is 2.35. The normalized spacial score (nSPS) is 16.1. The van der Waals surface area contributed by atoms with Crippen LogP contribution in [0.5, 0.6) is 0 Å². The SMILES string of the molecule is O=C(OCC(=O)N1N=C(c2ccc(Cl)cc2)C[C@H]1c1ccco1)c1ccco1. The van der Waals surface area contributed by atoms with E-state index in [1.807, 2.05) is 12.1 Å². The van der Waals surface area contributed by atoms with Crippen molar-refractivity contribution in [1.29, 1.82) is 0 Å². The summed E-state index contributed by atoms with van der Waals surface area (Å²) in [6.07, 6.45) is 3.36. The summed E-state index contributed by atoms with van der Waals surface area (Å²) in [5, 5.41) is 6.35. The number of carbonyl (C=O) groups excluding carboxylic acids is 2. The number of halogens is 1. The number of rotatable bonds is 5. The molecule has 1 aliphatic heterocycles. The number of carbonyl (C=O) groups is 2. The first-order valence-electron chi connectivity index (χ1n) is 8.51. The van der Waals surface area contributed by atoms with Gasteiger partial charge in [-0.15, -0.1) is 0 Å². The van der Waals surface area contributed by atoms with Gasteiger partial charge in [-0.3, -0.25) is 4.79 Å². The zero-order valence-corrected chi connectivity index (χ0v) is 15.3. The predicted octanol–water partition coefficient (Wildman–Crippen LogP) is 4.06. The van der Waals surface area contributed by atoms with Crippen molar-refractivity contribution >= 4 is 29.2 Å². The van der Waals surface area contributed by atoms with E-state index < -0.39 is 24.5 Å². The molecule has 142 valence electrons. The van der Waals surface area contributed by atoms with Gasteiger partial charge < -0.3 is 13.6 Å². The molecule has 2 aromatic heterocycles. The van der Waals surface area contributed by atoms with Gasteiger partial charge in [0, 0.05) is 11.4 Å². The molecule has 0 N–H and O–H groups in total. The van der Waals surface area contributed by atoms with Crippen LogP contribution in [0.3, 0.4) is 0 Å². The van der Waals surface area contributed by atoms with Crippen molar-refractivity contribution in [2.75, 3.05) is 6.61 Å². The fourth-order valence-electron chi connectivity index (χ4n) is 2.92. The minimum atomic E-state index is -0.714. The first-order valence-corrected chi connectivity index (χ1v) is 8.89. The van der Waals surface area contributed by atoms with Gasteiger partial charge in [-0.1, -0.05) is 23.7 Å². The molecule has 0 bridgehead atoms. The molecule has 8 heteroatoms. The standard InChI is InChI=1S/C20H15ClN2O5/c21-14-7-5-13(6-8-14)15-11-16(17-3-1-9-26-17)23(22-15)19(24)12-28-20(25)18-4-2-10-27-18/h1-10,16H,11-12H2/t16-/m0/s1. The Morgan fingerprint density at radius 1 is 1.11 bits per heavy atom. The third kappa shape index (κ3) is 3.70. The van der Waals surface area contributed by atoms with E-state index in [1.54, 1.807) is 30.3 Å². The maximum Gasteiger partial charge on any atom is 0.374 e. The Bertz CT molecular complexity index is 994. The first-order chi connectivity index (χ1) is 13.6. The molecule has 4 rings (SSSR count). The van der Waals surface area contributed by atoms with Crippen LogP contribution in [0.2, 0.25) is 5.02 Å². The Labute approximate surface area is 165 Å². The fraction of sp³-hybridized carbons (Fsp3) is 0.150. The summed E-state index contributed by atoms with van der Waals surface area (Å²) in [5.74, 6) is -0.556. The van der Waals surface area contributed by atoms with Crippen LogP contribution in [-0.2, 0) is 9.53 Å². The number of benzene rings is 1. The Hall–Kier alpha value is -3.32. The van der Waals surface area contributed by atoms with E-state index >= 15 is 0 Å². The highest BCUT2D eigenvalue weighted by molar-refractivity contribution is 6.30. The lowest BCUT2D eigenvalue weighted by atomic mass is 10.0. The largest absolute Gasteiger partial charge is 0.467 e. The van der Waals surface area contributed by atoms with Gasteiger partial charge in [0.15, 0.2) is 6.61 Å². The maximum absolute atomic E-state index is 12.7. The number of amides is 1.